The Labute approximate surface area is 100 Å². The molecule has 1 aromatic rings. The first kappa shape index (κ1) is 12.0. The van der Waals surface area contributed by atoms with Crippen LogP contribution in [-0.2, 0) is 9.47 Å². The molecule has 2 rings (SSSR count). The van der Waals surface area contributed by atoms with Gasteiger partial charge in [-0.3, -0.25) is 9.78 Å². The van der Waals surface area contributed by atoms with Gasteiger partial charge in [0, 0.05) is 24.5 Å². The monoisotopic (exact) mass is 236 g/mol. The Balaban J connectivity index is 1.82. The van der Waals surface area contributed by atoms with Crippen LogP contribution in [0.5, 0.6) is 0 Å². The molecule has 17 heavy (non-hydrogen) atoms. The maximum Gasteiger partial charge on any atom is 0.251 e. The maximum atomic E-state index is 11.7. The van der Waals surface area contributed by atoms with Gasteiger partial charge in [0.05, 0.1) is 6.61 Å². The molecule has 0 aliphatic carbocycles. The zero-order valence-corrected chi connectivity index (χ0v) is 9.97. The van der Waals surface area contributed by atoms with E-state index in [2.05, 4.69) is 10.3 Å². The lowest BCUT2D eigenvalue weighted by Gasteiger charge is -2.17. The summed E-state index contributed by atoms with van der Waals surface area (Å²) in [5.74, 6) is -0.674. The third-order valence-corrected chi connectivity index (χ3v) is 2.50. The topological polar surface area (TPSA) is 60.5 Å². The highest BCUT2D eigenvalue weighted by Gasteiger charge is 2.32. The fourth-order valence-corrected chi connectivity index (χ4v) is 1.68. The van der Waals surface area contributed by atoms with Gasteiger partial charge >= 0.3 is 0 Å². The molecule has 0 radical (unpaired) electrons. The van der Waals surface area contributed by atoms with E-state index in [0.717, 1.165) is 0 Å². The van der Waals surface area contributed by atoms with E-state index in [-0.39, 0.29) is 12.0 Å². The molecule has 1 aliphatic heterocycles. The number of pyridine rings is 1. The van der Waals surface area contributed by atoms with E-state index in [1.54, 1.807) is 24.5 Å². The summed E-state index contributed by atoms with van der Waals surface area (Å²) in [6, 6.07) is 3.34. The van der Waals surface area contributed by atoms with Crippen LogP contribution < -0.4 is 5.32 Å². The van der Waals surface area contributed by atoms with Crippen molar-refractivity contribution >= 4 is 5.91 Å². The summed E-state index contributed by atoms with van der Waals surface area (Å²) in [6.45, 7) is 4.67. The highest BCUT2D eigenvalue weighted by atomic mass is 16.7. The Morgan fingerprint density at radius 3 is 2.82 bits per heavy atom. The molecule has 5 nitrogen and oxygen atoms in total. The summed E-state index contributed by atoms with van der Waals surface area (Å²) < 4.78 is 11.0. The lowest BCUT2D eigenvalue weighted by atomic mass is 10.2. The van der Waals surface area contributed by atoms with Gasteiger partial charge in [0.1, 0.15) is 6.10 Å². The third-order valence-electron chi connectivity index (χ3n) is 2.50. The Morgan fingerprint density at radius 1 is 1.53 bits per heavy atom. The van der Waals surface area contributed by atoms with Crippen molar-refractivity contribution in [2.75, 3.05) is 13.2 Å². The van der Waals surface area contributed by atoms with E-state index < -0.39 is 5.79 Å². The van der Waals surface area contributed by atoms with Crippen LogP contribution in [0, 0.1) is 0 Å². The number of ether oxygens (including phenoxy) is 2. The van der Waals surface area contributed by atoms with E-state index in [1.807, 2.05) is 13.8 Å². The highest BCUT2D eigenvalue weighted by molar-refractivity contribution is 5.93. The second kappa shape index (κ2) is 4.81. The molecule has 1 unspecified atom stereocenters. The molecule has 5 heteroatoms. The number of rotatable bonds is 3. The molecule has 0 aromatic carbocycles. The molecule has 0 spiro atoms. The number of carbonyl (C=O) groups is 1. The van der Waals surface area contributed by atoms with E-state index in [0.29, 0.717) is 18.7 Å². The normalized spacial score (nSPS) is 22.4. The summed E-state index contributed by atoms with van der Waals surface area (Å²) in [7, 11) is 0. The van der Waals surface area contributed by atoms with E-state index in [4.69, 9.17) is 9.47 Å². The van der Waals surface area contributed by atoms with Crippen LogP contribution in [0.3, 0.4) is 0 Å². The van der Waals surface area contributed by atoms with Crippen LogP contribution in [-0.4, -0.2) is 35.9 Å². The highest BCUT2D eigenvalue weighted by Crippen LogP contribution is 2.21. The quantitative estimate of drug-likeness (QED) is 0.849. The molecule has 1 aliphatic rings. The molecule has 0 bridgehead atoms. The first-order chi connectivity index (χ1) is 8.07. The number of aromatic nitrogens is 1. The average molecular weight is 236 g/mol. The molecule has 0 saturated carbocycles. The summed E-state index contributed by atoms with van der Waals surface area (Å²) in [5, 5.41) is 2.81. The van der Waals surface area contributed by atoms with Crippen LogP contribution in [0.4, 0.5) is 0 Å². The van der Waals surface area contributed by atoms with E-state index >= 15 is 0 Å². The Bertz CT molecular complexity index is 392. The van der Waals surface area contributed by atoms with Gasteiger partial charge in [0.25, 0.3) is 5.91 Å². The van der Waals surface area contributed by atoms with Crippen LogP contribution in [0.2, 0.25) is 0 Å². The second-order valence-corrected chi connectivity index (χ2v) is 4.40. The number of nitrogens with zero attached hydrogens (tertiary/aromatic N) is 1. The van der Waals surface area contributed by atoms with Crippen molar-refractivity contribution in [3.8, 4) is 0 Å². The predicted octanol–water partition coefficient (Wildman–Crippen LogP) is 0.963. The van der Waals surface area contributed by atoms with Crippen LogP contribution >= 0.6 is 0 Å². The zero-order valence-electron chi connectivity index (χ0n) is 9.97. The van der Waals surface area contributed by atoms with Gasteiger partial charge in [-0.2, -0.15) is 0 Å². The molecule has 1 amide bonds. The summed E-state index contributed by atoms with van der Waals surface area (Å²) >= 11 is 0. The Morgan fingerprint density at radius 2 is 2.24 bits per heavy atom. The standard InChI is InChI=1S/C12H16N2O3/c1-12(2)16-8-10(17-12)7-14-11(15)9-3-5-13-6-4-9/h3-6,10H,7-8H2,1-2H3,(H,14,15). The number of hydrogen-bond donors (Lipinski definition) is 1. The van der Waals surface area contributed by atoms with Gasteiger partial charge < -0.3 is 14.8 Å². The van der Waals surface area contributed by atoms with Gasteiger partial charge in [-0.15, -0.1) is 0 Å². The van der Waals surface area contributed by atoms with Crippen molar-refractivity contribution in [2.24, 2.45) is 0 Å². The largest absolute Gasteiger partial charge is 0.349 e. The van der Waals surface area contributed by atoms with Crippen LogP contribution in [0.15, 0.2) is 24.5 Å². The van der Waals surface area contributed by atoms with E-state index in [9.17, 15) is 4.79 Å². The molecular formula is C12H16N2O3. The fourth-order valence-electron chi connectivity index (χ4n) is 1.68. The Hall–Kier alpha value is -1.46. The van der Waals surface area contributed by atoms with Crippen molar-refractivity contribution in [1.82, 2.24) is 10.3 Å². The first-order valence-corrected chi connectivity index (χ1v) is 5.57. The van der Waals surface area contributed by atoms with Crippen molar-refractivity contribution in [1.29, 1.82) is 0 Å². The lowest BCUT2D eigenvalue weighted by Crippen LogP contribution is -2.34. The summed E-state index contributed by atoms with van der Waals surface area (Å²) in [4.78, 5) is 15.6. The van der Waals surface area contributed by atoms with Crippen molar-refractivity contribution in [3.63, 3.8) is 0 Å². The maximum absolute atomic E-state index is 11.7. The van der Waals surface area contributed by atoms with Crippen molar-refractivity contribution in [2.45, 2.75) is 25.7 Å². The predicted molar refractivity (Wildman–Crippen MR) is 61.5 cm³/mol. The summed E-state index contributed by atoms with van der Waals surface area (Å²) in [5.41, 5.74) is 0.596. The zero-order chi connectivity index (χ0) is 12.3. The second-order valence-electron chi connectivity index (χ2n) is 4.40. The lowest BCUT2D eigenvalue weighted by molar-refractivity contribution is -0.137. The smallest absolute Gasteiger partial charge is 0.251 e. The molecule has 1 N–H and O–H groups in total. The van der Waals surface area contributed by atoms with Crippen molar-refractivity contribution < 1.29 is 14.3 Å². The first-order valence-electron chi connectivity index (χ1n) is 5.57. The average Bonchev–Trinajstić information content (AvgIpc) is 2.67. The van der Waals surface area contributed by atoms with Gasteiger partial charge in [0.2, 0.25) is 0 Å². The number of hydrogen-bond acceptors (Lipinski definition) is 4. The van der Waals surface area contributed by atoms with E-state index in [1.165, 1.54) is 0 Å². The van der Waals surface area contributed by atoms with Crippen LogP contribution in [0.1, 0.15) is 24.2 Å². The molecule has 1 atom stereocenters. The van der Waals surface area contributed by atoms with Crippen molar-refractivity contribution in [3.05, 3.63) is 30.1 Å². The number of nitrogens with one attached hydrogen (secondary N) is 1. The molecule has 1 aromatic heterocycles. The molecule has 92 valence electrons. The third kappa shape index (κ3) is 3.25. The molecule has 1 saturated heterocycles. The number of amides is 1. The molecule has 2 heterocycles. The number of carbonyl (C=O) groups excluding carboxylic acids is 1. The molecule has 1 fully saturated rings. The van der Waals surface area contributed by atoms with Gasteiger partial charge in [-0.05, 0) is 26.0 Å². The minimum atomic E-state index is -0.550. The minimum absolute atomic E-state index is 0.0872. The Kier molecular flexibility index (Phi) is 3.40. The van der Waals surface area contributed by atoms with Gasteiger partial charge in [-0.25, -0.2) is 0 Å². The summed E-state index contributed by atoms with van der Waals surface area (Å²) in [6.07, 6.45) is 3.09. The van der Waals surface area contributed by atoms with Gasteiger partial charge in [-0.1, -0.05) is 0 Å². The minimum Gasteiger partial charge on any atom is -0.349 e. The fraction of sp³-hybridized carbons (Fsp3) is 0.500. The molecular weight excluding hydrogens is 220 g/mol. The van der Waals surface area contributed by atoms with Gasteiger partial charge in [0.15, 0.2) is 5.79 Å². The van der Waals surface area contributed by atoms with Crippen LogP contribution in [0.25, 0.3) is 0 Å². The SMILES string of the molecule is CC1(C)OCC(CNC(=O)c2ccncc2)O1.